The van der Waals surface area contributed by atoms with E-state index in [4.69, 9.17) is 5.73 Å². The second-order valence-corrected chi connectivity index (χ2v) is 2.34. The standard InChI is InChI=1S/C7H10N4O/c1-11-3-2-6(5-11)4-9-10-7(8)12/h2-5H,1H3,(H3,8,10,12)/b9-4-. The fourth-order valence-electron chi connectivity index (χ4n) is 0.772. The predicted molar refractivity (Wildman–Crippen MR) is 45.7 cm³/mol. The molecule has 0 saturated carbocycles. The molecule has 0 spiro atoms. The van der Waals surface area contributed by atoms with E-state index in [1.54, 1.807) is 0 Å². The van der Waals surface area contributed by atoms with Crippen LogP contribution < -0.4 is 11.2 Å². The van der Waals surface area contributed by atoms with E-state index >= 15 is 0 Å². The van der Waals surface area contributed by atoms with Crippen molar-refractivity contribution in [2.45, 2.75) is 0 Å². The number of hydrazone groups is 1. The van der Waals surface area contributed by atoms with Crippen molar-refractivity contribution in [3.8, 4) is 0 Å². The summed E-state index contributed by atoms with van der Waals surface area (Å²) in [4.78, 5) is 10.2. The molecule has 5 nitrogen and oxygen atoms in total. The van der Waals surface area contributed by atoms with E-state index in [1.165, 1.54) is 6.21 Å². The van der Waals surface area contributed by atoms with Crippen LogP contribution >= 0.6 is 0 Å². The number of amides is 2. The highest BCUT2D eigenvalue weighted by molar-refractivity contribution is 5.81. The van der Waals surface area contributed by atoms with Crippen molar-refractivity contribution in [3.05, 3.63) is 24.0 Å². The summed E-state index contributed by atoms with van der Waals surface area (Å²) >= 11 is 0. The Bertz CT molecular complexity index is 302. The van der Waals surface area contributed by atoms with Gasteiger partial charge in [-0.25, -0.2) is 10.2 Å². The third-order valence-corrected chi connectivity index (χ3v) is 1.24. The van der Waals surface area contributed by atoms with Gasteiger partial charge in [0.05, 0.1) is 6.21 Å². The van der Waals surface area contributed by atoms with Crippen molar-refractivity contribution in [3.63, 3.8) is 0 Å². The second-order valence-electron chi connectivity index (χ2n) is 2.34. The summed E-state index contributed by atoms with van der Waals surface area (Å²) in [7, 11) is 1.90. The highest BCUT2D eigenvalue weighted by Gasteiger charge is 1.89. The van der Waals surface area contributed by atoms with Crippen molar-refractivity contribution in [2.24, 2.45) is 17.9 Å². The molecule has 0 radical (unpaired) electrons. The number of primary amides is 1. The van der Waals surface area contributed by atoms with Crippen LogP contribution in [0.2, 0.25) is 0 Å². The quantitative estimate of drug-likeness (QED) is 0.472. The smallest absolute Gasteiger partial charge is 0.332 e. The predicted octanol–water partition coefficient (Wildman–Crippen LogP) is 0.0273. The van der Waals surface area contributed by atoms with Crippen LogP contribution in [0.3, 0.4) is 0 Å². The van der Waals surface area contributed by atoms with E-state index in [0.717, 1.165) is 5.56 Å². The van der Waals surface area contributed by atoms with Crippen molar-refractivity contribution in [2.75, 3.05) is 0 Å². The Hall–Kier alpha value is -1.78. The zero-order chi connectivity index (χ0) is 8.97. The summed E-state index contributed by atoms with van der Waals surface area (Å²) in [6.07, 6.45) is 5.27. The lowest BCUT2D eigenvalue weighted by atomic mass is 10.4. The van der Waals surface area contributed by atoms with Crippen molar-refractivity contribution in [1.82, 2.24) is 9.99 Å². The lowest BCUT2D eigenvalue weighted by Crippen LogP contribution is -2.24. The maximum Gasteiger partial charge on any atom is 0.332 e. The Kier molecular flexibility index (Phi) is 2.47. The number of carbonyl (C=O) groups excluding carboxylic acids is 1. The number of nitrogens with one attached hydrogen (secondary N) is 1. The van der Waals surface area contributed by atoms with Gasteiger partial charge in [0, 0.05) is 25.0 Å². The number of urea groups is 1. The van der Waals surface area contributed by atoms with E-state index in [-0.39, 0.29) is 0 Å². The van der Waals surface area contributed by atoms with Crippen LogP contribution in [0.15, 0.2) is 23.6 Å². The molecule has 1 aromatic rings. The van der Waals surface area contributed by atoms with Gasteiger partial charge in [0.1, 0.15) is 0 Å². The zero-order valence-corrected chi connectivity index (χ0v) is 6.69. The van der Waals surface area contributed by atoms with E-state index in [1.807, 2.05) is 30.1 Å². The molecule has 1 aromatic heterocycles. The van der Waals surface area contributed by atoms with Crippen LogP contribution in [0.25, 0.3) is 0 Å². The lowest BCUT2D eigenvalue weighted by molar-refractivity contribution is 0.249. The summed E-state index contributed by atoms with van der Waals surface area (Å²) in [6.45, 7) is 0. The maximum absolute atomic E-state index is 10.2. The first-order chi connectivity index (χ1) is 5.68. The van der Waals surface area contributed by atoms with E-state index < -0.39 is 6.03 Å². The average Bonchev–Trinajstić information content (AvgIpc) is 2.35. The minimum Gasteiger partial charge on any atom is -0.357 e. The summed E-state index contributed by atoms with van der Waals surface area (Å²) < 4.78 is 1.88. The molecule has 0 aliphatic rings. The first kappa shape index (κ1) is 8.32. The molecule has 2 amide bonds. The molecule has 0 unspecified atom stereocenters. The lowest BCUT2D eigenvalue weighted by Gasteiger charge is -1.88. The summed E-state index contributed by atoms with van der Waals surface area (Å²) in [5, 5.41) is 3.59. The fourth-order valence-corrected chi connectivity index (χ4v) is 0.772. The highest BCUT2D eigenvalue weighted by atomic mass is 16.2. The molecule has 1 rings (SSSR count). The minimum absolute atomic E-state index is 0.665. The first-order valence-corrected chi connectivity index (χ1v) is 3.39. The molecule has 0 aliphatic carbocycles. The van der Waals surface area contributed by atoms with Crippen LogP contribution in [0, 0.1) is 0 Å². The number of hydrogen-bond acceptors (Lipinski definition) is 2. The number of rotatable bonds is 2. The normalized spacial score (nSPS) is 10.4. The monoisotopic (exact) mass is 166 g/mol. The summed E-state index contributed by atoms with van der Waals surface area (Å²) in [6, 6.07) is 1.20. The third-order valence-electron chi connectivity index (χ3n) is 1.24. The SMILES string of the molecule is Cn1ccc(/C=N\NC(N)=O)c1. The first-order valence-electron chi connectivity index (χ1n) is 3.39. The molecular weight excluding hydrogens is 156 g/mol. The molecular formula is C7H10N4O. The van der Waals surface area contributed by atoms with Crippen LogP contribution in [0.4, 0.5) is 4.79 Å². The number of nitrogens with zero attached hydrogens (tertiary/aromatic N) is 2. The second kappa shape index (κ2) is 3.56. The number of aryl methyl sites for hydroxylation is 1. The van der Waals surface area contributed by atoms with Gasteiger partial charge in [-0.15, -0.1) is 0 Å². The highest BCUT2D eigenvalue weighted by Crippen LogP contribution is 1.94. The third kappa shape index (κ3) is 2.45. The number of carbonyl (C=O) groups is 1. The Morgan fingerprint density at radius 3 is 3.08 bits per heavy atom. The summed E-state index contributed by atoms with van der Waals surface area (Å²) in [5.74, 6) is 0. The van der Waals surface area contributed by atoms with Gasteiger partial charge in [-0.05, 0) is 6.07 Å². The molecule has 0 aromatic carbocycles. The van der Waals surface area contributed by atoms with E-state index in [9.17, 15) is 4.79 Å². The number of hydrogen-bond donors (Lipinski definition) is 2. The molecule has 0 bridgehead atoms. The molecule has 3 N–H and O–H groups in total. The molecule has 0 fully saturated rings. The van der Waals surface area contributed by atoms with Gasteiger partial charge in [0.15, 0.2) is 0 Å². The van der Waals surface area contributed by atoms with E-state index in [0.29, 0.717) is 0 Å². The van der Waals surface area contributed by atoms with Gasteiger partial charge >= 0.3 is 6.03 Å². The Balaban J connectivity index is 2.52. The Morgan fingerprint density at radius 1 is 1.83 bits per heavy atom. The minimum atomic E-state index is -0.665. The van der Waals surface area contributed by atoms with Crippen LogP contribution in [0.5, 0.6) is 0 Å². The van der Waals surface area contributed by atoms with Crippen LogP contribution in [0.1, 0.15) is 5.56 Å². The zero-order valence-electron chi connectivity index (χ0n) is 6.69. The fraction of sp³-hybridized carbons (Fsp3) is 0.143. The molecule has 64 valence electrons. The molecule has 5 heteroatoms. The molecule has 0 aliphatic heterocycles. The number of aromatic nitrogens is 1. The van der Waals surface area contributed by atoms with Crippen LogP contribution in [-0.2, 0) is 7.05 Å². The van der Waals surface area contributed by atoms with Gasteiger partial charge in [-0.3, -0.25) is 0 Å². The van der Waals surface area contributed by atoms with Crippen molar-refractivity contribution < 1.29 is 4.79 Å². The topological polar surface area (TPSA) is 72.4 Å². The molecule has 0 saturated heterocycles. The maximum atomic E-state index is 10.2. The van der Waals surface area contributed by atoms with Crippen LogP contribution in [-0.4, -0.2) is 16.8 Å². The Morgan fingerprint density at radius 2 is 2.58 bits per heavy atom. The Labute approximate surface area is 69.9 Å². The van der Waals surface area contributed by atoms with Gasteiger partial charge < -0.3 is 10.3 Å². The van der Waals surface area contributed by atoms with E-state index in [2.05, 4.69) is 10.5 Å². The molecule has 1 heterocycles. The molecule has 0 atom stereocenters. The molecule has 12 heavy (non-hydrogen) atoms. The van der Waals surface area contributed by atoms with Gasteiger partial charge in [0.25, 0.3) is 0 Å². The largest absolute Gasteiger partial charge is 0.357 e. The van der Waals surface area contributed by atoms with Crippen molar-refractivity contribution in [1.29, 1.82) is 0 Å². The summed E-state index contributed by atoms with van der Waals surface area (Å²) in [5.41, 5.74) is 7.80. The average molecular weight is 166 g/mol. The number of nitrogens with two attached hydrogens (primary N) is 1. The van der Waals surface area contributed by atoms with Gasteiger partial charge in [-0.2, -0.15) is 5.10 Å². The van der Waals surface area contributed by atoms with Gasteiger partial charge in [-0.1, -0.05) is 0 Å². The van der Waals surface area contributed by atoms with Gasteiger partial charge in [0.2, 0.25) is 0 Å². The van der Waals surface area contributed by atoms with Crippen molar-refractivity contribution >= 4 is 12.2 Å².